The summed E-state index contributed by atoms with van der Waals surface area (Å²) in [6, 6.07) is 8.58. The second-order valence-electron chi connectivity index (χ2n) is 5.40. The highest BCUT2D eigenvalue weighted by molar-refractivity contribution is 5.23. The Hall–Kier alpha value is -0.820. The van der Waals surface area contributed by atoms with Crippen molar-refractivity contribution in [1.82, 2.24) is 0 Å². The third-order valence-corrected chi connectivity index (χ3v) is 2.30. The fraction of sp³-hybridized carbons (Fsp3) is 0.571. The topological polar surface area (TPSA) is 20.2 Å². The van der Waals surface area contributed by atoms with E-state index in [1.165, 1.54) is 11.1 Å². The molecule has 0 saturated heterocycles. The van der Waals surface area contributed by atoms with Gasteiger partial charge in [0, 0.05) is 6.42 Å². The maximum absolute atomic E-state index is 9.69. The van der Waals surface area contributed by atoms with E-state index in [2.05, 4.69) is 38.1 Å². The van der Waals surface area contributed by atoms with E-state index in [0.29, 0.717) is 5.92 Å². The highest BCUT2D eigenvalue weighted by Crippen LogP contribution is 2.14. The van der Waals surface area contributed by atoms with Crippen molar-refractivity contribution in [2.45, 2.75) is 46.1 Å². The summed E-state index contributed by atoms with van der Waals surface area (Å²) in [6.07, 6.45) is 1.84. The molecule has 0 amide bonds. The average Bonchev–Trinajstić information content (AvgIpc) is 2.05. The zero-order valence-corrected chi connectivity index (χ0v) is 10.2. The molecule has 0 unspecified atom stereocenters. The van der Waals surface area contributed by atoms with Gasteiger partial charge in [-0.15, -0.1) is 0 Å². The zero-order valence-electron chi connectivity index (χ0n) is 10.2. The molecule has 0 aromatic heterocycles. The lowest BCUT2D eigenvalue weighted by Gasteiger charge is -2.17. The van der Waals surface area contributed by atoms with E-state index in [4.69, 9.17) is 0 Å². The SMILES string of the molecule is CC(C)Cc1ccc(CC(C)(C)O)cc1. The molecular weight excluding hydrogens is 184 g/mol. The highest BCUT2D eigenvalue weighted by atomic mass is 16.3. The summed E-state index contributed by atoms with van der Waals surface area (Å²) in [6.45, 7) is 8.14. The molecule has 0 spiro atoms. The van der Waals surface area contributed by atoms with Gasteiger partial charge in [0.15, 0.2) is 0 Å². The fourth-order valence-corrected chi connectivity index (χ4v) is 1.76. The van der Waals surface area contributed by atoms with E-state index in [-0.39, 0.29) is 0 Å². The third-order valence-electron chi connectivity index (χ3n) is 2.30. The molecule has 0 heterocycles. The van der Waals surface area contributed by atoms with Crippen molar-refractivity contribution in [3.8, 4) is 0 Å². The maximum atomic E-state index is 9.69. The van der Waals surface area contributed by atoms with Crippen LogP contribution in [0.15, 0.2) is 24.3 Å². The van der Waals surface area contributed by atoms with Crippen LogP contribution in [0.3, 0.4) is 0 Å². The molecular formula is C14H22O. The predicted molar refractivity (Wildman–Crippen MR) is 65.0 cm³/mol. The van der Waals surface area contributed by atoms with Crippen LogP contribution < -0.4 is 0 Å². The summed E-state index contributed by atoms with van der Waals surface area (Å²) in [4.78, 5) is 0. The molecule has 0 aliphatic carbocycles. The Morgan fingerprint density at radius 2 is 1.53 bits per heavy atom. The first kappa shape index (κ1) is 12.3. The van der Waals surface area contributed by atoms with Crippen LogP contribution in [-0.2, 0) is 12.8 Å². The predicted octanol–water partition coefficient (Wildman–Crippen LogP) is 3.20. The zero-order chi connectivity index (χ0) is 11.5. The van der Waals surface area contributed by atoms with Gasteiger partial charge in [-0.05, 0) is 37.3 Å². The molecule has 84 valence electrons. The Morgan fingerprint density at radius 1 is 1.07 bits per heavy atom. The lowest BCUT2D eigenvalue weighted by molar-refractivity contribution is 0.0810. The monoisotopic (exact) mass is 206 g/mol. The second kappa shape index (κ2) is 4.80. The van der Waals surface area contributed by atoms with Crippen LogP contribution in [0.4, 0.5) is 0 Å². The van der Waals surface area contributed by atoms with Crippen LogP contribution in [0, 0.1) is 5.92 Å². The standard InChI is InChI=1S/C14H22O/c1-11(2)9-12-5-7-13(8-6-12)10-14(3,4)15/h5-8,11,15H,9-10H2,1-4H3. The van der Waals surface area contributed by atoms with Crippen LogP contribution >= 0.6 is 0 Å². The minimum absolute atomic E-state index is 0.612. The quantitative estimate of drug-likeness (QED) is 0.802. The molecule has 0 radical (unpaired) electrons. The first-order valence-corrected chi connectivity index (χ1v) is 5.67. The maximum Gasteiger partial charge on any atom is 0.0631 e. The van der Waals surface area contributed by atoms with Gasteiger partial charge in [0.25, 0.3) is 0 Å². The lowest BCUT2D eigenvalue weighted by Crippen LogP contribution is -2.21. The molecule has 1 heteroatoms. The molecule has 0 fully saturated rings. The molecule has 0 atom stereocenters. The first-order valence-electron chi connectivity index (χ1n) is 5.67. The van der Waals surface area contributed by atoms with Crippen molar-refractivity contribution in [3.05, 3.63) is 35.4 Å². The summed E-state index contributed by atoms with van der Waals surface area (Å²) in [5.41, 5.74) is 1.97. The van der Waals surface area contributed by atoms with Crippen LogP contribution in [-0.4, -0.2) is 10.7 Å². The van der Waals surface area contributed by atoms with Crippen LogP contribution in [0.1, 0.15) is 38.8 Å². The van der Waals surface area contributed by atoms with E-state index < -0.39 is 5.60 Å². The number of rotatable bonds is 4. The van der Waals surface area contributed by atoms with Gasteiger partial charge in [-0.25, -0.2) is 0 Å². The van der Waals surface area contributed by atoms with Gasteiger partial charge >= 0.3 is 0 Å². The molecule has 1 aromatic carbocycles. The van der Waals surface area contributed by atoms with Crippen LogP contribution in [0.2, 0.25) is 0 Å². The number of aliphatic hydroxyl groups is 1. The molecule has 1 nitrogen and oxygen atoms in total. The minimum Gasteiger partial charge on any atom is -0.390 e. The average molecular weight is 206 g/mol. The minimum atomic E-state index is -0.612. The smallest absolute Gasteiger partial charge is 0.0631 e. The van der Waals surface area contributed by atoms with Crippen molar-refractivity contribution in [3.63, 3.8) is 0 Å². The van der Waals surface area contributed by atoms with Gasteiger partial charge in [-0.2, -0.15) is 0 Å². The normalized spacial score (nSPS) is 12.1. The van der Waals surface area contributed by atoms with Gasteiger partial charge in [-0.1, -0.05) is 38.1 Å². The number of hydrogen-bond acceptors (Lipinski definition) is 1. The van der Waals surface area contributed by atoms with Gasteiger partial charge < -0.3 is 5.11 Å². The van der Waals surface area contributed by atoms with Crippen molar-refractivity contribution >= 4 is 0 Å². The molecule has 0 bridgehead atoms. The molecule has 15 heavy (non-hydrogen) atoms. The Morgan fingerprint density at radius 3 is 1.93 bits per heavy atom. The summed E-state index contributed by atoms with van der Waals surface area (Å²) in [7, 11) is 0. The summed E-state index contributed by atoms with van der Waals surface area (Å²) >= 11 is 0. The summed E-state index contributed by atoms with van der Waals surface area (Å²) in [5, 5.41) is 9.69. The van der Waals surface area contributed by atoms with Crippen LogP contribution in [0.25, 0.3) is 0 Å². The summed E-state index contributed by atoms with van der Waals surface area (Å²) < 4.78 is 0. The van der Waals surface area contributed by atoms with Crippen molar-refractivity contribution < 1.29 is 5.11 Å². The molecule has 1 N–H and O–H groups in total. The van der Waals surface area contributed by atoms with Gasteiger partial charge in [0.05, 0.1) is 5.60 Å². The molecule has 0 aliphatic heterocycles. The summed E-state index contributed by atoms with van der Waals surface area (Å²) in [5.74, 6) is 0.699. The van der Waals surface area contributed by atoms with Crippen molar-refractivity contribution in [2.24, 2.45) is 5.92 Å². The van der Waals surface area contributed by atoms with Gasteiger partial charge in [-0.3, -0.25) is 0 Å². The Balaban J connectivity index is 2.64. The molecule has 1 aromatic rings. The Labute approximate surface area is 93.1 Å². The molecule has 0 aliphatic rings. The number of benzene rings is 1. The van der Waals surface area contributed by atoms with E-state index in [1.54, 1.807) is 0 Å². The largest absolute Gasteiger partial charge is 0.390 e. The van der Waals surface area contributed by atoms with Gasteiger partial charge in [0.1, 0.15) is 0 Å². The lowest BCUT2D eigenvalue weighted by atomic mass is 9.96. The van der Waals surface area contributed by atoms with E-state index in [1.807, 2.05) is 13.8 Å². The van der Waals surface area contributed by atoms with Crippen molar-refractivity contribution in [2.75, 3.05) is 0 Å². The van der Waals surface area contributed by atoms with Crippen LogP contribution in [0.5, 0.6) is 0 Å². The molecule has 1 rings (SSSR count). The highest BCUT2D eigenvalue weighted by Gasteiger charge is 2.12. The van der Waals surface area contributed by atoms with E-state index in [9.17, 15) is 5.11 Å². The molecule has 0 saturated carbocycles. The number of hydrogen-bond donors (Lipinski definition) is 1. The van der Waals surface area contributed by atoms with E-state index >= 15 is 0 Å². The second-order valence-corrected chi connectivity index (χ2v) is 5.40. The van der Waals surface area contributed by atoms with Gasteiger partial charge in [0.2, 0.25) is 0 Å². The van der Waals surface area contributed by atoms with E-state index in [0.717, 1.165) is 12.8 Å². The third kappa shape index (κ3) is 4.98. The van der Waals surface area contributed by atoms with Crippen molar-refractivity contribution in [1.29, 1.82) is 0 Å². The fourth-order valence-electron chi connectivity index (χ4n) is 1.76. The Kier molecular flexibility index (Phi) is 3.92. The Bertz CT molecular complexity index is 290. The first-order chi connectivity index (χ1) is 6.87.